The molecule has 5 heteroatoms. The SMILES string of the molecule is Cc1cccc(CO[C@H]2C[C@@H](c3n[nH]c(C)n3)N(C3CCCC3)C2)c1. The number of aromatic nitrogens is 3. The van der Waals surface area contributed by atoms with Gasteiger partial charge in [-0.05, 0) is 38.7 Å². The van der Waals surface area contributed by atoms with Gasteiger partial charge in [0.2, 0.25) is 0 Å². The maximum atomic E-state index is 6.28. The van der Waals surface area contributed by atoms with Gasteiger partial charge in [-0.2, -0.15) is 5.10 Å². The highest BCUT2D eigenvalue weighted by molar-refractivity contribution is 5.21. The average molecular weight is 340 g/mol. The maximum absolute atomic E-state index is 6.28. The summed E-state index contributed by atoms with van der Waals surface area (Å²) in [5.74, 6) is 1.83. The first-order valence-corrected chi connectivity index (χ1v) is 9.51. The Labute approximate surface area is 149 Å². The molecule has 1 aliphatic heterocycles. The molecular formula is C20H28N4O. The van der Waals surface area contributed by atoms with Gasteiger partial charge in [-0.25, -0.2) is 4.98 Å². The summed E-state index contributed by atoms with van der Waals surface area (Å²) in [6.07, 6.45) is 6.52. The zero-order valence-electron chi connectivity index (χ0n) is 15.2. The van der Waals surface area contributed by atoms with Crippen molar-refractivity contribution in [3.8, 4) is 0 Å². The van der Waals surface area contributed by atoms with Crippen LogP contribution >= 0.6 is 0 Å². The van der Waals surface area contributed by atoms with Crippen LogP contribution in [0.5, 0.6) is 0 Å². The van der Waals surface area contributed by atoms with Gasteiger partial charge in [0.05, 0.1) is 18.8 Å². The Morgan fingerprint density at radius 2 is 2.08 bits per heavy atom. The number of nitrogens with one attached hydrogen (secondary N) is 1. The molecule has 0 bridgehead atoms. The Hall–Kier alpha value is -1.72. The third-order valence-corrected chi connectivity index (χ3v) is 5.58. The molecule has 0 spiro atoms. The molecule has 0 amide bonds. The van der Waals surface area contributed by atoms with Gasteiger partial charge >= 0.3 is 0 Å². The third-order valence-electron chi connectivity index (χ3n) is 5.58. The van der Waals surface area contributed by atoms with Crippen LogP contribution in [0.2, 0.25) is 0 Å². The summed E-state index contributed by atoms with van der Waals surface area (Å²) in [5.41, 5.74) is 2.54. The van der Waals surface area contributed by atoms with Gasteiger partial charge in [0.1, 0.15) is 5.82 Å². The highest BCUT2D eigenvalue weighted by atomic mass is 16.5. The normalized spacial score (nSPS) is 25.0. The number of benzene rings is 1. The molecule has 1 aromatic heterocycles. The summed E-state index contributed by atoms with van der Waals surface area (Å²) in [6, 6.07) is 9.54. The van der Waals surface area contributed by atoms with Crippen molar-refractivity contribution in [2.45, 2.75) is 70.7 Å². The summed E-state index contributed by atoms with van der Waals surface area (Å²) >= 11 is 0. The Morgan fingerprint density at radius 1 is 1.24 bits per heavy atom. The first-order chi connectivity index (χ1) is 12.2. The van der Waals surface area contributed by atoms with Gasteiger partial charge < -0.3 is 4.74 Å². The molecule has 0 unspecified atom stereocenters. The second-order valence-corrected chi connectivity index (χ2v) is 7.59. The van der Waals surface area contributed by atoms with Gasteiger partial charge in [-0.15, -0.1) is 0 Å². The first kappa shape index (κ1) is 16.7. The minimum Gasteiger partial charge on any atom is -0.372 e. The summed E-state index contributed by atoms with van der Waals surface area (Å²) in [4.78, 5) is 7.22. The quantitative estimate of drug-likeness (QED) is 0.902. The average Bonchev–Trinajstić information content (AvgIpc) is 3.33. The predicted octanol–water partition coefficient (Wildman–Crippen LogP) is 3.70. The number of aryl methyl sites for hydroxylation is 2. The topological polar surface area (TPSA) is 54.0 Å². The highest BCUT2D eigenvalue weighted by Crippen LogP contribution is 2.38. The smallest absolute Gasteiger partial charge is 0.167 e. The minimum absolute atomic E-state index is 0.255. The maximum Gasteiger partial charge on any atom is 0.167 e. The van der Waals surface area contributed by atoms with E-state index in [4.69, 9.17) is 4.74 Å². The summed E-state index contributed by atoms with van der Waals surface area (Å²) in [5, 5.41) is 7.46. The molecule has 2 aromatic rings. The molecular weight excluding hydrogens is 312 g/mol. The van der Waals surface area contributed by atoms with Gasteiger partial charge in [0.25, 0.3) is 0 Å². The Bertz CT molecular complexity index is 707. The third kappa shape index (κ3) is 3.77. The van der Waals surface area contributed by atoms with Crippen LogP contribution in [-0.2, 0) is 11.3 Å². The van der Waals surface area contributed by atoms with Crippen LogP contribution in [0.15, 0.2) is 24.3 Å². The van der Waals surface area contributed by atoms with E-state index < -0.39 is 0 Å². The van der Waals surface area contributed by atoms with Crippen LogP contribution in [0.25, 0.3) is 0 Å². The van der Waals surface area contributed by atoms with Crippen molar-refractivity contribution in [3.63, 3.8) is 0 Å². The van der Waals surface area contributed by atoms with Crippen molar-refractivity contribution in [2.75, 3.05) is 6.54 Å². The lowest BCUT2D eigenvalue weighted by atomic mass is 10.1. The van der Waals surface area contributed by atoms with Crippen molar-refractivity contribution >= 4 is 0 Å². The molecule has 2 heterocycles. The molecule has 1 aromatic carbocycles. The zero-order chi connectivity index (χ0) is 17.2. The van der Waals surface area contributed by atoms with Crippen LogP contribution in [0.4, 0.5) is 0 Å². The summed E-state index contributed by atoms with van der Waals surface area (Å²) < 4.78 is 6.28. The Balaban J connectivity index is 1.45. The number of hydrogen-bond donors (Lipinski definition) is 1. The fourth-order valence-electron chi connectivity index (χ4n) is 4.36. The molecule has 25 heavy (non-hydrogen) atoms. The van der Waals surface area contributed by atoms with E-state index in [0.717, 1.165) is 24.6 Å². The standard InChI is InChI=1S/C20H28N4O/c1-14-6-5-7-16(10-14)13-25-18-11-19(20-21-15(2)22-23-20)24(12-18)17-8-3-4-9-17/h5-7,10,17-19H,3-4,8-9,11-13H2,1-2H3,(H,21,22,23)/t18-,19-/m0/s1. The summed E-state index contributed by atoms with van der Waals surface area (Å²) in [6.45, 7) is 5.78. The monoisotopic (exact) mass is 340 g/mol. The van der Waals surface area contributed by atoms with E-state index in [1.54, 1.807) is 0 Å². The number of likely N-dealkylation sites (tertiary alicyclic amines) is 1. The van der Waals surface area contributed by atoms with Crippen LogP contribution in [-0.4, -0.2) is 38.8 Å². The molecule has 1 N–H and O–H groups in total. The first-order valence-electron chi connectivity index (χ1n) is 9.51. The van der Waals surface area contributed by atoms with Gasteiger partial charge in [0, 0.05) is 12.6 Å². The Morgan fingerprint density at radius 3 is 2.80 bits per heavy atom. The number of nitrogens with zero attached hydrogens (tertiary/aromatic N) is 3. The van der Waals surface area contributed by atoms with Gasteiger partial charge in [0.15, 0.2) is 5.82 Å². The summed E-state index contributed by atoms with van der Waals surface area (Å²) in [7, 11) is 0. The van der Waals surface area contributed by atoms with E-state index in [0.29, 0.717) is 12.6 Å². The number of hydrogen-bond acceptors (Lipinski definition) is 4. The molecule has 1 saturated heterocycles. The van der Waals surface area contributed by atoms with E-state index in [1.807, 2.05) is 6.92 Å². The van der Waals surface area contributed by atoms with E-state index in [-0.39, 0.29) is 12.1 Å². The van der Waals surface area contributed by atoms with E-state index in [2.05, 4.69) is 51.3 Å². The molecule has 1 aliphatic carbocycles. The van der Waals surface area contributed by atoms with Crippen molar-refractivity contribution in [1.29, 1.82) is 0 Å². The number of rotatable bonds is 5. The lowest BCUT2D eigenvalue weighted by Crippen LogP contribution is -2.34. The fraction of sp³-hybridized carbons (Fsp3) is 0.600. The fourth-order valence-corrected chi connectivity index (χ4v) is 4.36. The van der Waals surface area contributed by atoms with E-state index >= 15 is 0 Å². The zero-order valence-corrected chi connectivity index (χ0v) is 15.2. The molecule has 1 saturated carbocycles. The van der Waals surface area contributed by atoms with Gasteiger partial charge in [-0.3, -0.25) is 10.00 Å². The lowest BCUT2D eigenvalue weighted by molar-refractivity contribution is 0.0432. The van der Waals surface area contributed by atoms with Crippen molar-refractivity contribution in [2.24, 2.45) is 0 Å². The molecule has 5 nitrogen and oxygen atoms in total. The highest BCUT2D eigenvalue weighted by Gasteiger charge is 2.40. The molecule has 134 valence electrons. The van der Waals surface area contributed by atoms with Crippen LogP contribution in [0, 0.1) is 13.8 Å². The second kappa shape index (κ2) is 7.26. The lowest BCUT2D eigenvalue weighted by Gasteiger charge is -2.28. The largest absolute Gasteiger partial charge is 0.372 e. The Kier molecular flexibility index (Phi) is 4.86. The number of aromatic amines is 1. The van der Waals surface area contributed by atoms with Crippen molar-refractivity contribution < 1.29 is 4.74 Å². The predicted molar refractivity (Wildman–Crippen MR) is 97.2 cm³/mol. The molecule has 4 rings (SSSR count). The second-order valence-electron chi connectivity index (χ2n) is 7.59. The molecule has 2 aliphatic rings. The van der Waals surface area contributed by atoms with Crippen molar-refractivity contribution in [3.05, 3.63) is 47.0 Å². The number of H-pyrrole nitrogens is 1. The minimum atomic E-state index is 0.255. The molecule has 0 radical (unpaired) electrons. The number of ether oxygens (including phenoxy) is 1. The van der Waals surface area contributed by atoms with Crippen LogP contribution in [0.3, 0.4) is 0 Å². The van der Waals surface area contributed by atoms with Gasteiger partial charge in [-0.1, -0.05) is 42.7 Å². The molecule has 2 fully saturated rings. The van der Waals surface area contributed by atoms with E-state index in [1.165, 1.54) is 36.8 Å². The van der Waals surface area contributed by atoms with E-state index in [9.17, 15) is 0 Å². The van der Waals surface area contributed by atoms with Crippen molar-refractivity contribution in [1.82, 2.24) is 20.1 Å². The molecule has 2 atom stereocenters. The van der Waals surface area contributed by atoms with Crippen LogP contribution < -0.4 is 0 Å². The van der Waals surface area contributed by atoms with Crippen LogP contribution in [0.1, 0.15) is 60.9 Å².